The minimum atomic E-state index is -0.455. The van der Waals surface area contributed by atoms with Crippen molar-refractivity contribution in [3.05, 3.63) is 29.8 Å². The van der Waals surface area contributed by atoms with E-state index in [1.165, 1.54) is 0 Å². The van der Waals surface area contributed by atoms with Crippen molar-refractivity contribution in [1.82, 2.24) is 0 Å². The molecule has 0 spiro atoms. The van der Waals surface area contributed by atoms with Gasteiger partial charge in [-0.15, -0.1) is 0 Å². The minimum Gasteiger partial charge on any atom is -0.494 e. The van der Waals surface area contributed by atoms with Gasteiger partial charge in [0, 0.05) is 18.8 Å². The Hall–Kier alpha value is -2.04. The molecule has 0 aliphatic rings. The van der Waals surface area contributed by atoms with Gasteiger partial charge in [0.1, 0.15) is 5.75 Å². The van der Waals surface area contributed by atoms with Crippen LogP contribution >= 0.6 is 0 Å². The third-order valence-corrected chi connectivity index (χ3v) is 2.54. The van der Waals surface area contributed by atoms with Crippen LogP contribution in [0.4, 0.5) is 0 Å². The van der Waals surface area contributed by atoms with Crippen molar-refractivity contribution in [3.8, 4) is 5.75 Å². The number of benzene rings is 1. The first-order chi connectivity index (χ1) is 8.52. The van der Waals surface area contributed by atoms with E-state index in [1.54, 1.807) is 6.07 Å². The molecule has 2 amide bonds. The van der Waals surface area contributed by atoms with E-state index in [4.69, 9.17) is 16.2 Å². The second-order valence-corrected chi connectivity index (χ2v) is 4.04. The molecule has 0 fully saturated rings. The van der Waals surface area contributed by atoms with Gasteiger partial charge < -0.3 is 16.2 Å². The third-order valence-electron chi connectivity index (χ3n) is 2.54. The Morgan fingerprint density at radius 3 is 2.33 bits per heavy atom. The lowest BCUT2D eigenvalue weighted by Crippen LogP contribution is -2.20. The lowest BCUT2D eigenvalue weighted by atomic mass is 9.92. The Morgan fingerprint density at radius 1 is 1.22 bits per heavy atom. The summed E-state index contributed by atoms with van der Waals surface area (Å²) in [6.07, 6.45) is 0.192. The molecule has 1 rings (SSSR count). The lowest BCUT2D eigenvalue weighted by Gasteiger charge is -2.15. The maximum Gasteiger partial charge on any atom is 0.218 e. The fourth-order valence-corrected chi connectivity index (χ4v) is 1.82. The predicted octanol–water partition coefficient (Wildman–Crippen LogP) is 0.920. The minimum absolute atomic E-state index is 0.0958. The van der Waals surface area contributed by atoms with Crippen LogP contribution in [0.2, 0.25) is 0 Å². The summed E-state index contributed by atoms with van der Waals surface area (Å²) in [6, 6.07) is 7.27. The van der Waals surface area contributed by atoms with Crippen molar-refractivity contribution in [2.24, 2.45) is 11.5 Å². The first-order valence-corrected chi connectivity index (χ1v) is 5.82. The third kappa shape index (κ3) is 4.45. The Bertz CT molecular complexity index is 416. The molecule has 5 nitrogen and oxygen atoms in total. The molecule has 0 saturated carbocycles. The van der Waals surface area contributed by atoms with Crippen LogP contribution in [0, 0.1) is 0 Å². The average Bonchev–Trinajstić information content (AvgIpc) is 2.28. The average molecular weight is 250 g/mol. The van der Waals surface area contributed by atoms with E-state index in [-0.39, 0.29) is 18.8 Å². The summed E-state index contributed by atoms with van der Waals surface area (Å²) >= 11 is 0. The fraction of sp³-hybridized carbons (Fsp3) is 0.385. The van der Waals surface area contributed by atoms with Gasteiger partial charge in [-0.25, -0.2) is 0 Å². The van der Waals surface area contributed by atoms with Gasteiger partial charge >= 0.3 is 0 Å². The van der Waals surface area contributed by atoms with Crippen molar-refractivity contribution < 1.29 is 14.3 Å². The monoisotopic (exact) mass is 250 g/mol. The molecule has 0 aliphatic carbocycles. The van der Waals surface area contributed by atoms with Gasteiger partial charge in [0.05, 0.1) is 6.61 Å². The number of primary amides is 2. The van der Waals surface area contributed by atoms with Crippen LogP contribution in [-0.2, 0) is 9.59 Å². The number of hydrogen-bond donors (Lipinski definition) is 2. The highest BCUT2D eigenvalue weighted by Crippen LogP contribution is 2.26. The van der Waals surface area contributed by atoms with Gasteiger partial charge in [0.2, 0.25) is 11.8 Å². The van der Waals surface area contributed by atoms with Crippen LogP contribution in [-0.4, -0.2) is 18.4 Å². The summed E-state index contributed by atoms with van der Waals surface area (Å²) in [4.78, 5) is 22.0. The molecule has 0 aliphatic heterocycles. The van der Waals surface area contributed by atoms with Crippen LogP contribution in [0.1, 0.15) is 31.2 Å². The lowest BCUT2D eigenvalue weighted by molar-refractivity contribution is -0.119. The SMILES string of the molecule is CCOc1cccc(C(CC(N)=O)CC(N)=O)c1. The number of ether oxygens (including phenoxy) is 1. The van der Waals surface area contributed by atoms with E-state index in [2.05, 4.69) is 0 Å². The Balaban J connectivity index is 2.92. The fourth-order valence-electron chi connectivity index (χ4n) is 1.82. The first-order valence-electron chi connectivity index (χ1n) is 5.82. The molecule has 5 heteroatoms. The van der Waals surface area contributed by atoms with Gasteiger partial charge in [-0.05, 0) is 24.6 Å². The summed E-state index contributed by atoms with van der Waals surface area (Å²) in [6.45, 7) is 2.44. The molecule has 18 heavy (non-hydrogen) atoms. The summed E-state index contributed by atoms with van der Waals surface area (Å²) in [7, 11) is 0. The van der Waals surface area contributed by atoms with Gasteiger partial charge in [0.25, 0.3) is 0 Å². The van der Waals surface area contributed by atoms with E-state index in [1.807, 2.05) is 25.1 Å². The van der Waals surface area contributed by atoms with Crippen LogP contribution < -0.4 is 16.2 Å². The maximum atomic E-state index is 11.0. The Morgan fingerprint density at radius 2 is 1.83 bits per heavy atom. The van der Waals surface area contributed by atoms with E-state index < -0.39 is 11.8 Å². The number of rotatable bonds is 7. The molecular weight excluding hydrogens is 232 g/mol. The van der Waals surface area contributed by atoms with E-state index in [0.717, 1.165) is 5.56 Å². The zero-order valence-corrected chi connectivity index (χ0v) is 10.4. The Labute approximate surface area is 106 Å². The van der Waals surface area contributed by atoms with Crippen LogP contribution in [0.25, 0.3) is 0 Å². The highest BCUT2D eigenvalue weighted by molar-refractivity contribution is 5.78. The summed E-state index contributed by atoms with van der Waals surface area (Å²) in [5.41, 5.74) is 11.2. The van der Waals surface area contributed by atoms with Gasteiger partial charge in [-0.2, -0.15) is 0 Å². The molecule has 0 saturated heterocycles. The van der Waals surface area contributed by atoms with E-state index in [9.17, 15) is 9.59 Å². The second-order valence-electron chi connectivity index (χ2n) is 4.04. The van der Waals surface area contributed by atoms with Gasteiger partial charge in [-0.3, -0.25) is 9.59 Å². The second kappa shape index (κ2) is 6.64. The summed E-state index contributed by atoms with van der Waals surface area (Å²) < 4.78 is 5.37. The number of carbonyl (C=O) groups is 2. The van der Waals surface area contributed by atoms with Crippen molar-refractivity contribution in [2.75, 3.05) is 6.61 Å². The number of hydrogen-bond acceptors (Lipinski definition) is 3. The van der Waals surface area contributed by atoms with E-state index >= 15 is 0 Å². The molecule has 1 aromatic carbocycles. The van der Waals surface area contributed by atoms with Crippen LogP contribution in [0.3, 0.4) is 0 Å². The number of carbonyl (C=O) groups excluding carboxylic acids is 2. The van der Waals surface area contributed by atoms with Crippen LogP contribution in [0.15, 0.2) is 24.3 Å². The zero-order valence-electron chi connectivity index (χ0n) is 10.4. The molecule has 0 unspecified atom stereocenters. The highest BCUT2D eigenvalue weighted by atomic mass is 16.5. The Kier molecular flexibility index (Phi) is 5.17. The van der Waals surface area contributed by atoms with E-state index in [0.29, 0.717) is 12.4 Å². The smallest absolute Gasteiger partial charge is 0.218 e. The molecule has 4 N–H and O–H groups in total. The molecular formula is C13H18N2O3. The van der Waals surface area contributed by atoms with Gasteiger partial charge in [-0.1, -0.05) is 12.1 Å². The summed E-state index contributed by atoms with van der Waals surface area (Å²) in [5.74, 6) is -0.500. The first kappa shape index (κ1) is 14.0. The topological polar surface area (TPSA) is 95.4 Å². The van der Waals surface area contributed by atoms with Gasteiger partial charge in [0.15, 0.2) is 0 Å². The molecule has 0 aromatic heterocycles. The van der Waals surface area contributed by atoms with Crippen molar-refractivity contribution >= 4 is 11.8 Å². The molecule has 0 atom stereocenters. The molecule has 0 radical (unpaired) electrons. The quantitative estimate of drug-likeness (QED) is 0.753. The molecule has 1 aromatic rings. The summed E-state index contributed by atoms with van der Waals surface area (Å²) in [5, 5.41) is 0. The normalized spacial score (nSPS) is 10.3. The standard InChI is InChI=1S/C13H18N2O3/c1-2-18-11-5-3-4-9(6-11)10(7-12(14)16)8-13(15)17/h3-6,10H,2,7-8H2,1H3,(H2,14,16)(H2,15,17). The molecule has 0 bridgehead atoms. The maximum absolute atomic E-state index is 11.0. The number of amides is 2. The van der Waals surface area contributed by atoms with Crippen LogP contribution in [0.5, 0.6) is 5.75 Å². The van der Waals surface area contributed by atoms with Crippen molar-refractivity contribution in [2.45, 2.75) is 25.7 Å². The van der Waals surface area contributed by atoms with Crippen molar-refractivity contribution in [1.29, 1.82) is 0 Å². The van der Waals surface area contributed by atoms with Crippen molar-refractivity contribution in [3.63, 3.8) is 0 Å². The number of nitrogens with two attached hydrogens (primary N) is 2. The molecule has 98 valence electrons. The predicted molar refractivity (Wildman–Crippen MR) is 68.0 cm³/mol. The highest BCUT2D eigenvalue weighted by Gasteiger charge is 2.17. The molecule has 0 heterocycles. The largest absolute Gasteiger partial charge is 0.494 e. The zero-order chi connectivity index (χ0) is 13.5.